The topological polar surface area (TPSA) is 47.3 Å². The summed E-state index contributed by atoms with van der Waals surface area (Å²) in [6.07, 6.45) is 6.19. The molecule has 3 nitrogen and oxygen atoms in total. The lowest BCUT2D eigenvalue weighted by Crippen LogP contribution is -2.56. The van der Waals surface area contributed by atoms with Crippen molar-refractivity contribution in [2.75, 3.05) is 7.11 Å². The molecule has 2 atom stereocenters. The van der Waals surface area contributed by atoms with Crippen LogP contribution in [0.3, 0.4) is 0 Å². The van der Waals surface area contributed by atoms with Gasteiger partial charge in [-0.05, 0) is 38.0 Å². The van der Waals surface area contributed by atoms with Gasteiger partial charge >= 0.3 is 0 Å². The van der Waals surface area contributed by atoms with Gasteiger partial charge in [0.15, 0.2) is 0 Å². The van der Waals surface area contributed by atoms with Crippen molar-refractivity contribution in [2.45, 2.75) is 64.5 Å². The zero-order valence-corrected chi connectivity index (χ0v) is 11.3. The Morgan fingerprint density at radius 2 is 1.94 bits per heavy atom. The van der Waals surface area contributed by atoms with Gasteiger partial charge in [-0.15, -0.1) is 0 Å². The molecular formula is C13H28N2O. The van der Waals surface area contributed by atoms with Gasteiger partial charge in [0.2, 0.25) is 0 Å². The van der Waals surface area contributed by atoms with Gasteiger partial charge in [-0.3, -0.25) is 11.3 Å². The van der Waals surface area contributed by atoms with Crippen molar-refractivity contribution < 1.29 is 4.74 Å². The van der Waals surface area contributed by atoms with E-state index in [9.17, 15) is 0 Å². The molecule has 1 aliphatic rings. The van der Waals surface area contributed by atoms with Crippen LogP contribution in [0.15, 0.2) is 0 Å². The molecule has 16 heavy (non-hydrogen) atoms. The summed E-state index contributed by atoms with van der Waals surface area (Å²) in [5, 5.41) is 0. The molecule has 0 aromatic heterocycles. The van der Waals surface area contributed by atoms with Gasteiger partial charge in [0.25, 0.3) is 0 Å². The summed E-state index contributed by atoms with van der Waals surface area (Å²) in [5.74, 6) is 7.28. The van der Waals surface area contributed by atoms with Gasteiger partial charge in [-0.1, -0.05) is 26.7 Å². The third-order valence-corrected chi connectivity index (χ3v) is 4.54. The number of methoxy groups -OCH3 is 1. The van der Waals surface area contributed by atoms with E-state index in [1.165, 1.54) is 25.7 Å². The molecule has 0 heterocycles. The molecule has 0 aromatic rings. The monoisotopic (exact) mass is 228 g/mol. The highest BCUT2D eigenvalue weighted by atomic mass is 16.5. The van der Waals surface area contributed by atoms with E-state index in [2.05, 4.69) is 26.2 Å². The van der Waals surface area contributed by atoms with E-state index in [0.29, 0.717) is 5.92 Å². The molecule has 0 bridgehead atoms. The molecule has 0 aliphatic heterocycles. The van der Waals surface area contributed by atoms with Gasteiger partial charge in [0.1, 0.15) is 0 Å². The number of nitrogens with two attached hydrogens (primary N) is 1. The maximum Gasteiger partial charge on any atom is 0.0816 e. The predicted molar refractivity (Wildman–Crippen MR) is 67.9 cm³/mol. The van der Waals surface area contributed by atoms with Crippen LogP contribution in [0.2, 0.25) is 0 Å². The summed E-state index contributed by atoms with van der Waals surface area (Å²) in [5.41, 5.74) is 2.87. The van der Waals surface area contributed by atoms with Gasteiger partial charge in [-0.25, -0.2) is 0 Å². The second kappa shape index (κ2) is 5.99. The van der Waals surface area contributed by atoms with Crippen LogP contribution in [0.5, 0.6) is 0 Å². The number of hydrogen-bond acceptors (Lipinski definition) is 3. The molecule has 1 rings (SSSR count). The first-order valence-corrected chi connectivity index (χ1v) is 6.58. The number of rotatable bonds is 5. The predicted octanol–water partition coefficient (Wildman–Crippen LogP) is 2.46. The molecule has 3 N–H and O–H groups in total. The molecule has 0 radical (unpaired) electrons. The normalized spacial score (nSPS) is 32.1. The van der Waals surface area contributed by atoms with Crippen LogP contribution >= 0.6 is 0 Å². The molecule has 2 unspecified atom stereocenters. The average molecular weight is 228 g/mol. The van der Waals surface area contributed by atoms with Crippen molar-refractivity contribution in [3.8, 4) is 0 Å². The van der Waals surface area contributed by atoms with Crippen LogP contribution in [0.1, 0.15) is 52.9 Å². The molecule has 0 spiro atoms. The Bertz CT molecular complexity index is 196. The van der Waals surface area contributed by atoms with E-state index in [0.717, 1.165) is 12.3 Å². The smallest absolute Gasteiger partial charge is 0.0816 e. The number of hydrogen-bond donors (Lipinski definition) is 2. The van der Waals surface area contributed by atoms with Gasteiger partial charge in [0.05, 0.1) is 11.6 Å². The summed E-state index contributed by atoms with van der Waals surface area (Å²) in [4.78, 5) is 0. The summed E-state index contributed by atoms with van der Waals surface area (Å²) < 4.78 is 5.68. The summed E-state index contributed by atoms with van der Waals surface area (Å²) in [6.45, 7) is 6.67. The molecule has 0 saturated heterocycles. The number of hydrazine groups is 1. The fraction of sp³-hybridized carbons (Fsp3) is 1.00. The van der Waals surface area contributed by atoms with Crippen molar-refractivity contribution in [2.24, 2.45) is 17.7 Å². The minimum atomic E-state index is -0.139. The first kappa shape index (κ1) is 13.9. The lowest BCUT2D eigenvalue weighted by molar-refractivity contribution is -0.0516. The molecule has 0 amide bonds. The zero-order chi connectivity index (χ0) is 12.2. The quantitative estimate of drug-likeness (QED) is 0.561. The van der Waals surface area contributed by atoms with E-state index in [4.69, 9.17) is 10.6 Å². The standard InChI is InChI=1S/C13H28N2O/c1-5-13(3,16-4)12(15-14)11-8-6-10(2)7-9-11/h10-12,15H,5-9,14H2,1-4H3. The third kappa shape index (κ3) is 2.96. The Kier molecular flexibility index (Phi) is 5.22. The van der Waals surface area contributed by atoms with Crippen molar-refractivity contribution in [1.82, 2.24) is 5.43 Å². The highest BCUT2D eigenvalue weighted by Gasteiger charge is 2.38. The second-order valence-electron chi connectivity index (χ2n) is 5.53. The van der Waals surface area contributed by atoms with Crippen LogP contribution in [-0.2, 0) is 4.74 Å². The molecule has 1 saturated carbocycles. The lowest BCUT2D eigenvalue weighted by atomic mass is 9.74. The van der Waals surface area contributed by atoms with Crippen LogP contribution in [0, 0.1) is 11.8 Å². The van der Waals surface area contributed by atoms with Crippen molar-refractivity contribution in [3.05, 3.63) is 0 Å². The molecule has 1 aliphatic carbocycles. The highest BCUT2D eigenvalue weighted by molar-refractivity contribution is 4.93. The average Bonchev–Trinajstić information content (AvgIpc) is 2.32. The summed E-state index contributed by atoms with van der Waals surface area (Å²) in [7, 11) is 1.79. The highest BCUT2D eigenvalue weighted by Crippen LogP contribution is 2.35. The van der Waals surface area contributed by atoms with Crippen LogP contribution in [-0.4, -0.2) is 18.8 Å². The first-order valence-electron chi connectivity index (χ1n) is 6.58. The maximum absolute atomic E-state index is 5.75. The maximum atomic E-state index is 5.75. The van der Waals surface area contributed by atoms with Gasteiger partial charge in [0, 0.05) is 7.11 Å². The van der Waals surface area contributed by atoms with E-state index < -0.39 is 0 Å². The summed E-state index contributed by atoms with van der Waals surface area (Å²) >= 11 is 0. The minimum absolute atomic E-state index is 0.139. The first-order chi connectivity index (χ1) is 7.57. The van der Waals surface area contributed by atoms with Crippen molar-refractivity contribution >= 4 is 0 Å². The minimum Gasteiger partial charge on any atom is -0.377 e. The number of nitrogens with one attached hydrogen (secondary N) is 1. The van der Waals surface area contributed by atoms with E-state index >= 15 is 0 Å². The van der Waals surface area contributed by atoms with E-state index in [1.54, 1.807) is 7.11 Å². The second-order valence-corrected chi connectivity index (χ2v) is 5.53. The zero-order valence-electron chi connectivity index (χ0n) is 11.3. The van der Waals surface area contributed by atoms with E-state index in [-0.39, 0.29) is 11.6 Å². The Balaban J connectivity index is 2.66. The van der Waals surface area contributed by atoms with Crippen LogP contribution in [0.4, 0.5) is 0 Å². The van der Waals surface area contributed by atoms with Crippen LogP contribution < -0.4 is 11.3 Å². The van der Waals surface area contributed by atoms with Gasteiger partial charge < -0.3 is 4.74 Å². The Morgan fingerprint density at radius 1 is 1.38 bits per heavy atom. The summed E-state index contributed by atoms with van der Waals surface area (Å²) in [6, 6.07) is 0.273. The molecular weight excluding hydrogens is 200 g/mol. The Morgan fingerprint density at radius 3 is 2.31 bits per heavy atom. The molecule has 0 aromatic carbocycles. The lowest BCUT2D eigenvalue weighted by Gasteiger charge is -2.42. The van der Waals surface area contributed by atoms with Crippen molar-refractivity contribution in [3.63, 3.8) is 0 Å². The van der Waals surface area contributed by atoms with E-state index in [1.807, 2.05) is 0 Å². The molecule has 1 fully saturated rings. The van der Waals surface area contributed by atoms with Gasteiger partial charge in [-0.2, -0.15) is 0 Å². The Labute approximate surface area is 100 Å². The Hall–Kier alpha value is -0.120. The molecule has 96 valence electrons. The molecule has 3 heteroatoms. The number of ether oxygens (including phenoxy) is 1. The van der Waals surface area contributed by atoms with Crippen LogP contribution in [0.25, 0.3) is 0 Å². The third-order valence-electron chi connectivity index (χ3n) is 4.54. The fourth-order valence-corrected chi connectivity index (χ4v) is 2.92. The SMILES string of the molecule is CCC(C)(OC)C(NN)C1CCC(C)CC1. The van der Waals surface area contributed by atoms with Crippen molar-refractivity contribution in [1.29, 1.82) is 0 Å². The largest absolute Gasteiger partial charge is 0.377 e. The fourth-order valence-electron chi connectivity index (χ4n) is 2.92.